The summed E-state index contributed by atoms with van der Waals surface area (Å²) in [5.41, 5.74) is 1.74. The largest absolute Gasteiger partial charge is 0.495 e. The van der Waals surface area contributed by atoms with Crippen LogP contribution in [0.4, 0.5) is 5.82 Å². The first-order valence-corrected chi connectivity index (χ1v) is 6.93. The molecule has 0 aliphatic heterocycles. The molecular weight excluding hydrogens is 272 g/mol. The Hall–Kier alpha value is -2.21. The van der Waals surface area contributed by atoms with E-state index in [9.17, 15) is 0 Å². The predicted molar refractivity (Wildman–Crippen MR) is 81.5 cm³/mol. The molecule has 6 heteroatoms. The maximum atomic E-state index is 5.18. The Kier molecular flexibility index (Phi) is 3.23. The van der Waals surface area contributed by atoms with Crippen molar-refractivity contribution >= 4 is 27.5 Å². The van der Waals surface area contributed by atoms with E-state index in [0.29, 0.717) is 0 Å². The van der Waals surface area contributed by atoms with Gasteiger partial charge in [0.15, 0.2) is 5.65 Å². The number of hydrogen-bond acceptors (Lipinski definition) is 6. The van der Waals surface area contributed by atoms with Crippen LogP contribution in [0, 0.1) is 0 Å². The van der Waals surface area contributed by atoms with Gasteiger partial charge in [-0.15, -0.1) is 11.3 Å². The van der Waals surface area contributed by atoms with Gasteiger partial charge in [-0.05, 0) is 12.1 Å². The fraction of sp³-hybridized carbons (Fsp3) is 0.214. The highest BCUT2D eigenvalue weighted by molar-refractivity contribution is 7.21. The zero-order valence-electron chi connectivity index (χ0n) is 11.5. The Bertz CT molecular complexity index is 737. The second-order valence-corrected chi connectivity index (χ2v) is 5.55. The number of rotatable bonds is 3. The number of methoxy groups -OCH3 is 1. The lowest BCUT2D eigenvalue weighted by Gasteiger charge is -2.10. The third-order valence-electron chi connectivity index (χ3n) is 2.91. The van der Waals surface area contributed by atoms with Gasteiger partial charge in [0.1, 0.15) is 16.6 Å². The van der Waals surface area contributed by atoms with Crippen LogP contribution in [-0.2, 0) is 0 Å². The lowest BCUT2D eigenvalue weighted by atomic mass is 10.3. The molecule has 5 nitrogen and oxygen atoms in total. The lowest BCUT2D eigenvalue weighted by Crippen LogP contribution is -2.09. The molecule has 3 rings (SSSR count). The maximum Gasteiger partial charge on any atom is 0.171 e. The molecule has 3 aromatic heterocycles. The summed E-state index contributed by atoms with van der Waals surface area (Å²) in [5.74, 6) is 1.67. The van der Waals surface area contributed by atoms with Crippen molar-refractivity contribution in [3.05, 3.63) is 30.6 Å². The van der Waals surface area contributed by atoms with Crippen molar-refractivity contribution in [2.75, 3.05) is 26.1 Å². The number of aromatic nitrogens is 3. The number of fused-ring (bicyclic) bond motifs is 1. The van der Waals surface area contributed by atoms with Crippen LogP contribution in [0.15, 0.2) is 30.6 Å². The molecule has 0 saturated carbocycles. The molecule has 0 amide bonds. The smallest absolute Gasteiger partial charge is 0.171 e. The zero-order valence-corrected chi connectivity index (χ0v) is 12.3. The summed E-state index contributed by atoms with van der Waals surface area (Å²) in [6, 6.07) is 5.96. The maximum absolute atomic E-state index is 5.18. The van der Waals surface area contributed by atoms with Crippen molar-refractivity contribution in [3.8, 4) is 16.3 Å². The third-order valence-corrected chi connectivity index (χ3v) is 3.95. The monoisotopic (exact) mass is 286 g/mol. The minimum Gasteiger partial charge on any atom is -0.495 e. The zero-order chi connectivity index (χ0) is 14.1. The van der Waals surface area contributed by atoms with Crippen LogP contribution < -0.4 is 9.64 Å². The van der Waals surface area contributed by atoms with Crippen LogP contribution in [-0.4, -0.2) is 36.2 Å². The number of hydrogen-bond donors (Lipinski definition) is 0. The molecule has 102 valence electrons. The van der Waals surface area contributed by atoms with E-state index in [0.717, 1.165) is 32.5 Å². The molecule has 0 atom stereocenters. The summed E-state index contributed by atoms with van der Waals surface area (Å²) in [7, 11) is 5.57. The van der Waals surface area contributed by atoms with Gasteiger partial charge in [-0.2, -0.15) is 0 Å². The second kappa shape index (κ2) is 5.05. The van der Waals surface area contributed by atoms with Crippen LogP contribution in [0.1, 0.15) is 0 Å². The molecule has 0 aliphatic rings. The van der Waals surface area contributed by atoms with Crippen LogP contribution >= 0.6 is 11.3 Å². The van der Waals surface area contributed by atoms with Crippen molar-refractivity contribution in [3.63, 3.8) is 0 Å². The van der Waals surface area contributed by atoms with Gasteiger partial charge in [0.25, 0.3) is 0 Å². The van der Waals surface area contributed by atoms with Gasteiger partial charge in [0, 0.05) is 31.9 Å². The second-order valence-electron chi connectivity index (χ2n) is 4.52. The average Bonchev–Trinajstić information content (AvgIpc) is 2.90. The average molecular weight is 286 g/mol. The van der Waals surface area contributed by atoms with E-state index in [4.69, 9.17) is 4.74 Å². The van der Waals surface area contributed by atoms with Crippen molar-refractivity contribution < 1.29 is 4.74 Å². The van der Waals surface area contributed by atoms with Gasteiger partial charge in [0.05, 0.1) is 18.0 Å². The van der Waals surface area contributed by atoms with Crippen LogP contribution in [0.25, 0.3) is 20.9 Å². The van der Waals surface area contributed by atoms with E-state index in [1.807, 2.05) is 43.4 Å². The summed E-state index contributed by atoms with van der Waals surface area (Å²) in [6.45, 7) is 0. The van der Waals surface area contributed by atoms with Gasteiger partial charge in [-0.3, -0.25) is 0 Å². The molecule has 0 N–H and O–H groups in total. The van der Waals surface area contributed by atoms with E-state index in [1.54, 1.807) is 24.6 Å². The molecule has 0 bridgehead atoms. The van der Waals surface area contributed by atoms with Gasteiger partial charge in [0.2, 0.25) is 0 Å². The topological polar surface area (TPSA) is 51.1 Å². The first-order chi connectivity index (χ1) is 9.67. The van der Waals surface area contributed by atoms with Gasteiger partial charge >= 0.3 is 0 Å². The summed E-state index contributed by atoms with van der Waals surface area (Å²) >= 11 is 1.59. The molecule has 0 saturated heterocycles. The first-order valence-electron chi connectivity index (χ1n) is 6.11. The highest BCUT2D eigenvalue weighted by Gasteiger charge is 2.09. The molecule has 0 spiro atoms. The Morgan fingerprint density at radius 1 is 1.15 bits per heavy atom. The minimum atomic E-state index is 0.738. The minimum absolute atomic E-state index is 0.738. The summed E-state index contributed by atoms with van der Waals surface area (Å²) < 4.78 is 6.19. The Labute approximate surface area is 120 Å². The quantitative estimate of drug-likeness (QED) is 0.741. The summed E-state index contributed by atoms with van der Waals surface area (Å²) in [5, 5.41) is 0.915. The van der Waals surface area contributed by atoms with Gasteiger partial charge < -0.3 is 9.64 Å². The molecule has 0 fully saturated rings. The number of pyridine rings is 2. The van der Waals surface area contributed by atoms with Gasteiger partial charge in [-0.1, -0.05) is 0 Å². The van der Waals surface area contributed by atoms with E-state index >= 15 is 0 Å². The molecule has 0 unspecified atom stereocenters. The highest BCUT2D eigenvalue weighted by atomic mass is 32.1. The normalized spacial score (nSPS) is 10.8. The SMILES string of the molecule is COc1cnc2nc(-c3ccc(N(C)C)nc3)sc2c1. The van der Waals surface area contributed by atoms with E-state index in [2.05, 4.69) is 15.0 Å². The summed E-state index contributed by atoms with van der Waals surface area (Å²) in [4.78, 5) is 15.2. The fourth-order valence-corrected chi connectivity index (χ4v) is 2.76. The predicted octanol–water partition coefficient (Wildman–Crippen LogP) is 2.83. The van der Waals surface area contributed by atoms with Crippen LogP contribution in [0.3, 0.4) is 0 Å². The van der Waals surface area contributed by atoms with Crippen molar-refractivity contribution in [2.24, 2.45) is 0 Å². The Balaban J connectivity index is 2.01. The lowest BCUT2D eigenvalue weighted by molar-refractivity contribution is 0.414. The number of thiazole rings is 1. The molecular formula is C14H14N4OS. The molecule has 20 heavy (non-hydrogen) atoms. The Morgan fingerprint density at radius 2 is 2.00 bits per heavy atom. The van der Waals surface area contributed by atoms with E-state index in [-0.39, 0.29) is 0 Å². The van der Waals surface area contributed by atoms with Crippen LogP contribution in [0.2, 0.25) is 0 Å². The van der Waals surface area contributed by atoms with Crippen molar-refractivity contribution in [2.45, 2.75) is 0 Å². The number of ether oxygens (including phenoxy) is 1. The molecule has 0 aliphatic carbocycles. The van der Waals surface area contributed by atoms with E-state index in [1.165, 1.54) is 0 Å². The van der Waals surface area contributed by atoms with Crippen molar-refractivity contribution in [1.82, 2.24) is 15.0 Å². The van der Waals surface area contributed by atoms with Crippen molar-refractivity contribution in [1.29, 1.82) is 0 Å². The van der Waals surface area contributed by atoms with Gasteiger partial charge in [-0.25, -0.2) is 15.0 Å². The Morgan fingerprint density at radius 3 is 2.65 bits per heavy atom. The molecule has 0 radical (unpaired) electrons. The molecule has 0 aromatic carbocycles. The molecule has 3 heterocycles. The first kappa shape index (κ1) is 12.8. The fourth-order valence-electron chi connectivity index (χ4n) is 1.81. The summed E-state index contributed by atoms with van der Waals surface area (Å²) in [6.07, 6.45) is 3.52. The van der Waals surface area contributed by atoms with Crippen LogP contribution in [0.5, 0.6) is 5.75 Å². The van der Waals surface area contributed by atoms with E-state index < -0.39 is 0 Å². The highest BCUT2D eigenvalue weighted by Crippen LogP contribution is 2.31. The number of anilines is 1. The standard InChI is InChI=1S/C14H14N4OS/c1-18(2)12-5-4-9(7-15-12)14-17-13-11(20-14)6-10(19-3)8-16-13/h4-8H,1-3H3. The number of nitrogens with zero attached hydrogens (tertiary/aromatic N) is 4. The third kappa shape index (κ3) is 2.30. The molecule has 3 aromatic rings.